The highest BCUT2D eigenvalue weighted by molar-refractivity contribution is 5.99. The average Bonchev–Trinajstić information content (AvgIpc) is 2.87. The maximum atomic E-state index is 12.6. The topological polar surface area (TPSA) is 51.2 Å². The minimum absolute atomic E-state index is 0.0768. The lowest BCUT2D eigenvalue weighted by Crippen LogP contribution is -2.57. The molecule has 0 saturated heterocycles. The van der Waals surface area contributed by atoms with E-state index in [0.29, 0.717) is 36.4 Å². The molecule has 0 amide bonds. The number of rotatable bonds is 1. The number of allylic oxidation sites excluding steroid dienone is 1. The number of ketones is 2. The third-order valence-corrected chi connectivity index (χ3v) is 8.67. The molecule has 3 fully saturated rings. The summed E-state index contributed by atoms with van der Waals surface area (Å²) in [5, 5.41) is 0. The molecule has 0 bridgehead atoms. The van der Waals surface area contributed by atoms with Gasteiger partial charge in [-0.05, 0) is 73.3 Å². The summed E-state index contributed by atoms with van der Waals surface area (Å²) < 4.78 is 0. The standard InChI is InChI=1S/C22H30O3/c1-12-9-15-16-5-6-19(25)21(16,4)8-7-17(15)22(11-23)13(2)10-18(24)14(3)20(12)22/h11-13,15-17H,5-10H2,1-4H3/t12?,13?,15-,16-,17+,21-,22+/m0/s1. The van der Waals surface area contributed by atoms with Crippen LogP contribution in [0.25, 0.3) is 0 Å². The van der Waals surface area contributed by atoms with Crippen LogP contribution in [0.4, 0.5) is 0 Å². The first-order valence-corrected chi connectivity index (χ1v) is 10.0. The first kappa shape index (κ1) is 17.2. The van der Waals surface area contributed by atoms with Crippen molar-refractivity contribution in [2.45, 2.75) is 66.2 Å². The van der Waals surface area contributed by atoms with Crippen LogP contribution >= 0.6 is 0 Å². The molecular formula is C22H30O3. The van der Waals surface area contributed by atoms with E-state index in [2.05, 4.69) is 20.8 Å². The van der Waals surface area contributed by atoms with Gasteiger partial charge in [-0.1, -0.05) is 20.8 Å². The highest BCUT2D eigenvalue weighted by Gasteiger charge is 2.63. The first-order chi connectivity index (χ1) is 11.8. The van der Waals surface area contributed by atoms with Crippen LogP contribution < -0.4 is 0 Å². The smallest absolute Gasteiger partial charge is 0.158 e. The minimum Gasteiger partial charge on any atom is -0.302 e. The van der Waals surface area contributed by atoms with Crippen molar-refractivity contribution >= 4 is 17.9 Å². The summed E-state index contributed by atoms with van der Waals surface area (Å²) in [7, 11) is 0. The highest BCUT2D eigenvalue weighted by atomic mass is 16.1. The van der Waals surface area contributed by atoms with Crippen molar-refractivity contribution in [3.8, 4) is 0 Å². The Hall–Kier alpha value is -1.25. The molecule has 0 aromatic rings. The van der Waals surface area contributed by atoms with Crippen molar-refractivity contribution in [2.75, 3.05) is 0 Å². The predicted octanol–water partition coefficient (Wildman–Crippen LogP) is 4.15. The number of hydrogen-bond donors (Lipinski definition) is 0. The van der Waals surface area contributed by atoms with E-state index in [0.717, 1.165) is 36.8 Å². The highest BCUT2D eigenvalue weighted by Crippen LogP contribution is 2.66. The summed E-state index contributed by atoms with van der Waals surface area (Å²) in [6.45, 7) is 8.40. The number of carbonyl (C=O) groups excluding carboxylic acids is 3. The molecule has 3 saturated carbocycles. The molecule has 0 heterocycles. The van der Waals surface area contributed by atoms with Crippen LogP contribution in [0.3, 0.4) is 0 Å². The molecule has 2 unspecified atom stereocenters. The van der Waals surface area contributed by atoms with E-state index < -0.39 is 5.41 Å². The molecule has 4 aliphatic rings. The van der Waals surface area contributed by atoms with E-state index in [1.165, 1.54) is 6.29 Å². The molecule has 4 aliphatic carbocycles. The lowest BCUT2D eigenvalue weighted by atomic mass is 9.43. The summed E-state index contributed by atoms with van der Waals surface area (Å²) in [6.07, 6.45) is 6.28. The zero-order valence-corrected chi connectivity index (χ0v) is 15.9. The molecule has 0 spiro atoms. The monoisotopic (exact) mass is 342 g/mol. The van der Waals surface area contributed by atoms with Gasteiger partial charge in [0, 0.05) is 18.3 Å². The maximum Gasteiger partial charge on any atom is 0.158 e. The molecule has 3 heteroatoms. The van der Waals surface area contributed by atoms with Gasteiger partial charge in [0.15, 0.2) is 5.78 Å². The Labute approximate surface area is 150 Å². The summed E-state index contributed by atoms with van der Waals surface area (Å²) in [6, 6.07) is 0. The number of carbonyl (C=O) groups is 3. The van der Waals surface area contributed by atoms with Gasteiger partial charge in [-0.2, -0.15) is 0 Å². The number of fused-ring (bicyclic) bond motifs is 5. The van der Waals surface area contributed by atoms with Crippen LogP contribution in [-0.4, -0.2) is 17.9 Å². The third-order valence-electron chi connectivity index (χ3n) is 8.67. The Morgan fingerprint density at radius 1 is 1.12 bits per heavy atom. The molecule has 136 valence electrons. The fraction of sp³-hybridized carbons (Fsp3) is 0.773. The van der Waals surface area contributed by atoms with Crippen molar-refractivity contribution in [1.82, 2.24) is 0 Å². The van der Waals surface area contributed by atoms with Crippen molar-refractivity contribution in [3.63, 3.8) is 0 Å². The molecule has 0 N–H and O–H groups in total. The second-order valence-corrected chi connectivity index (χ2v) is 9.55. The van der Waals surface area contributed by atoms with E-state index in [1.54, 1.807) is 0 Å². The average molecular weight is 342 g/mol. The Balaban J connectivity index is 1.86. The Kier molecular flexibility index (Phi) is 3.69. The van der Waals surface area contributed by atoms with E-state index >= 15 is 0 Å². The number of hydrogen-bond acceptors (Lipinski definition) is 3. The predicted molar refractivity (Wildman–Crippen MR) is 95.8 cm³/mol. The molecule has 0 radical (unpaired) electrons. The fourth-order valence-corrected chi connectivity index (χ4v) is 7.48. The SMILES string of the molecule is CC1=C2C(C)C[C@@H]3[C@@H](CC[C@]4(C)C(=O)CC[C@@H]34)[C@@]2(C=O)C(C)CC1=O. The van der Waals surface area contributed by atoms with Gasteiger partial charge in [0.1, 0.15) is 12.1 Å². The maximum absolute atomic E-state index is 12.6. The zero-order chi connectivity index (χ0) is 18.1. The van der Waals surface area contributed by atoms with Gasteiger partial charge in [0.2, 0.25) is 0 Å². The van der Waals surface area contributed by atoms with E-state index in [-0.39, 0.29) is 23.0 Å². The van der Waals surface area contributed by atoms with E-state index in [1.807, 2.05) is 6.92 Å². The molecule has 0 aromatic heterocycles. The van der Waals surface area contributed by atoms with E-state index in [9.17, 15) is 14.4 Å². The van der Waals surface area contributed by atoms with Crippen LogP contribution in [0.5, 0.6) is 0 Å². The van der Waals surface area contributed by atoms with E-state index in [4.69, 9.17) is 0 Å². The van der Waals surface area contributed by atoms with Gasteiger partial charge in [0.25, 0.3) is 0 Å². The summed E-state index contributed by atoms with van der Waals surface area (Å²) in [5.41, 5.74) is 1.34. The molecule has 25 heavy (non-hydrogen) atoms. The minimum atomic E-state index is -0.479. The molecule has 0 aliphatic heterocycles. The molecule has 3 nitrogen and oxygen atoms in total. The Bertz CT molecular complexity index is 689. The van der Waals surface area contributed by atoms with Crippen molar-refractivity contribution < 1.29 is 14.4 Å². The molecular weight excluding hydrogens is 312 g/mol. The van der Waals surface area contributed by atoms with Crippen LogP contribution in [0.1, 0.15) is 66.2 Å². The fourth-order valence-electron chi connectivity index (χ4n) is 7.48. The number of aldehydes is 1. The Morgan fingerprint density at radius 3 is 2.52 bits per heavy atom. The first-order valence-electron chi connectivity index (χ1n) is 10.0. The summed E-state index contributed by atoms with van der Waals surface area (Å²) in [4.78, 5) is 37.6. The molecule has 7 atom stereocenters. The van der Waals surface area contributed by atoms with Crippen molar-refractivity contribution in [3.05, 3.63) is 11.1 Å². The van der Waals surface area contributed by atoms with Crippen LogP contribution in [0, 0.1) is 40.4 Å². The summed E-state index contributed by atoms with van der Waals surface area (Å²) in [5.74, 6) is 2.17. The van der Waals surface area contributed by atoms with Crippen LogP contribution in [0.2, 0.25) is 0 Å². The van der Waals surface area contributed by atoms with Crippen molar-refractivity contribution in [2.24, 2.45) is 40.4 Å². The molecule has 4 rings (SSSR count). The van der Waals surface area contributed by atoms with Gasteiger partial charge in [-0.25, -0.2) is 0 Å². The van der Waals surface area contributed by atoms with Gasteiger partial charge in [-0.3, -0.25) is 9.59 Å². The second kappa shape index (κ2) is 5.37. The largest absolute Gasteiger partial charge is 0.302 e. The second-order valence-electron chi connectivity index (χ2n) is 9.55. The quantitative estimate of drug-likeness (QED) is 0.673. The van der Waals surface area contributed by atoms with Gasteiger partial charge in [0.05, 0.1) is 5.41 Å². The van der Waals surface area contributed by atoms with Gasteiger partial charge in [-0.15, -0.1) is 0 Å². The third kappa shape index (κ3) is 1.96. The van der Waals surface area contributed by atoms with Gasteiger partial charge >= 0.3 is 0 Å². The van der Waals surface area contributed by atoms with Crippen molar-refractivity contribution in [1.29, 1.82) is 0 Å². The molecule has 0 aromatic carbocycles. The van der Waals surface area contributed by atoms with Gasteiger partial charge < -0.3 is 4.79 Å². The zero-order valence-electron chi connectivity index (χ0n) is 15.9. The van der Waals surface area contributed by atoms with Crippen LogP contribution in [-0.2, 0) is 14.4 Å². The summed E-state index contributed by atoms with van der Waals surface area (Å²) >= 11 is 0. The lowest BCUT2D eigenvalue weighted by Gasteiger charge is -2.60. The van der Waals surface area contributed by atoms with Crippen LogP contribution in [0.15, 0.2) is 11.1 Å². The normalized spacial score (nSPS) is 49.5. The Morgan fingerprint density at radius 2 is 1.84 bits per heavy atom. The number of Topliss-reactive ketones (excluding diaryl/α,β-unsaturated/α-hetero) is 2. The lowest BCUT2D eigenvalue weighted by molar-refractivity contribution is -0.141.